The molecule has 0 spiro atoms. The van der Waals surface area contributed by atoms with E-state index in [2.05, 4.69) is 13.8 Å². The molecule has 0 aliphatic carbocycles. The molecule has 42 heavy (non-hydrogen) atoms. The van der Waals surface area contributed by atoms with Crippen LogP contribution in [-0.4, -0.2) is 12.5 Å². The standard InChI is InChI=1S/C40H80O2/c1-4-7-9-11-13-15-17-19-21-23-25-27-29-31-33-35-37-39(40(41)42-6-3)38-36-34-32-30-28-26-24-22-20-18-16-14-12-10-8-5-2/h39H,4-38H2,1-3H3/i3D3,6D2. The quantitative estimate of drug-likeness (QED) is 0.0530. The van der Waals surface area contributed by atoms with Crippen molar-refractivity contribution in [2.45, 2.75) is 239 Å². The van der Waals surface area contributed by atoms with Gasteiger partial charge in [-0.1, -0.05) is 219 Å². The number of hydrogen-bond acceptors (Lipinski definition) is 2. The summed E-state index contributed by atoms with van der Waals surface area (Å²) in [5.41, 5.74) is 0. The first-order chi connectivity index (χ1) is 22.7. The summed E-state index contributed by atoms with van der Waals surface area (Å²) in [6, 6.07) is 0. The van der Waals surface area contributed by atoms with Crippen LogP contribution in [0.2, 0.25) is 0 Å². The predicted molar refractivity (Wildman–Crippen MR) is 188 cm³/mol. The van der Waals surface area contributed by atoms with Crippen LogP contribution < -0.4 is 0 Å². The summed E-state index contributed by atoms with van der Waals surface area (Å²) in [6.45, 7) is -1.37. The number of rotatable bonds is 36. The van der Waals surface area contributed by atoms with Crippen LogP contribution in [0.25, 0.3) is 0 Å². The molecule has 0 aromatic rings. The average Bonchev–Trinajstić information content (AvgIpc) is 3.02. The lowest BCUT2D eigenvalue weighted by molar-refractivity contribution is -0.148. The van der Waals surface area contributed by atoms with E-state index in [1.807, 2.05) is 0 Å². The Morgan fingerprint density at radius 1 is 0.452 bits per heavy atom. The molecule has 0 aliphatic rings. The Morgan fingerprint density at radius 2 is 0.690 bits per heavy atom. The van der Waals surface area contributed by atoms with Crippen molar-refractivity contribution < 1.29 is 16.4 Å². The van der Waals surface area contributed by atoms with Crippen LogP contribution in [0.15, 0.2) is 0 Å². The highest BCUT2D eigenvalue weighted by atomic mass is 16.5. The summed E-state index contributed by atoms with van der Waals surface area (Å²) >= 11 is 0. The van der Waals surface area contributed by atoms with Gasteiger partial charge in [-0.3, -0.25) is 4.79 Å². The van der Waals surface area contributed by atoms with Gasteiger partial charge in [0.15, 0.2) is 0 Å². The highest BCUT2D eigenvalue weighted by Gasteiger charge is 2.18. The fourth-order valence-corrected chi connectivity index (χ4v) is 6.39. The molecule has 0 radical (unpaired) electrons. The van der Waals surface area contributed by atoms with Gasteiger partial charge in [0.2, 0.25) is 0 Å². The maximum atomic E-state index is 12.9. The molecule has 2 nitrogen and oxygen atoms in total. The molecule has 0 heterocycles. The summed E-state index contributed by atoms with van der Waals surface area (Å²) < 4.78 is 42.7. The molecule has 0 N–H and O–H groups in total. The van der Waals surface area contributed by atoms with Crippen molar-refractivity contribution in [3.05, 3.63) is 0 Å². The zero-order valence-corrected chi connectivity index (χ0v) is 28.9. The molecule has 0 saturated heterocycles. The largest absolute Gasteiger partial charge is 0.466 e. The van der Waals surface area contributed by atoms with Gasteiger partial charge in [-0.2, -0.15) is 0 Å². The monoisotopic (exact) mass is 598 g/mol. The molecular formula is C40H80O2. The Hall–Kier alpha value is -0.530. The van der Waals surface area contributed by atoms with E-state index in [0.717, 1.165) is 38.5 Å². The number of esters is 1. The summed E-state index contributed by atoms with van der Waals surface area (Å²) in [4.78, 5) is 12.9. The molecule has 0 aliphatic heterocycles. The molecule has 0 aromatic carbocycles. The van der Waals surface area contributed by atoms with E-state index in [9.17, 15) is 4.79 Å². The second-order valence-electron chi connectivity index (χ2n) is 13.4. The summed E-state index contributed by atoms with van der Waals surface area (Å²) in [7, 11) is 0. The molecule has 252 valence electrons. The predicted octanol–water partition coefficient (Wildman–Crippen LogP) is 14.5. The Labute approximate surface area is 273 Å². The Bertz CT molecular complexity index is 631. The Morgan fingerprint density at radius 3 is 0.929 bits per heavy atom. The summed E-state index contributed by atoms with van der Waals surface area (Å²) in [6.07, 6.45) is 42.9. The lowest BCUT2D eigenvalue weighted by Gasteiger charge is -2.15. The molecule has 0 aromatic heterocycles. The van der Waals surface area contributed by atoms with Crippen molar-refractivity contribution in [1.29, 1.82) is 0 Å². The first-order valence-electron chi connectivity index (χ1n) is 21.9. The zero-order chi connectivity index (χ0) is 34.9. The van der Waals surface area contributed by atoms with Crippen LogP contribution in [-0.2, 0) is 9.53 Å². The molecule has 0 bridgehead atoms. The fraction of sp³-hybridized carbons (Fsp3) is 0.975. The molecular weight excluding hydrogens is 512 g/mol. The molecule has 0 saturated carbocycles. The second-order valence-corrected chi connectivity index (χ2v) is 13.4. The molecule has 0 unspecified atom stereocenters. The van der Waals surface area contributed by atoms with Crippen LogP contribution in [0, 0.1) is 5.92 Å². The third-order valence-electron chi connectivity index (χ3n) is 9.30. The summed E-state index contributed by atoms with van der Waals surface area (Å²) in [5, 5.41) is 0. The third-order valence-corrected chi connectivity index (χ3v) is 9.30. The maximum absolute atomic E-state index is 12.9. The number of unbranched alkanes of at least 4 members (excludes halogenated alkanes) is 30. The smallest absolute Gasteiger partial charge is 0.308 e. The van der Waals surface area contributed by atoms with E-state index >= 15 is 0 Å². The topological polar surface area (TPSA) is 26.3 Å². The minimum Gasteiger partial charge on any atom is -0.466 e. The number of carbonyl (C=O) groups is 1. The van der Waals surface area contributed by atoms with Gasteiger partial charge in [-0.15, -0.1) is 0 Å². The molecule has 0 fully saturated rings. The van der Waals surface area contributed by atoms with E-state index < -0.39 is 25.3 Å². The molecule has 0 amide bonds. The van der Waals surface area contributed by atoms with Crippen molar-refractivity contribution >= 4 is 5.97 Å². The van der Waals surface area contributed by atoms with E-state index in [0.29, 0.717) is 12.8 Å². The summed E-state index contributed by atoms with van der Waals surface area (Å²) in [5.74, 6) is -1.08. The highest BCUT2D eigenvalue weighted by molar-refractivity contribution is 5.72. The first kappa shape index (κ1) is 32.9. The minimum absolute atomic E-state index is 0.411. The Balaban J connectivity index is 4.06. The van der Waals surface area contributed by atoms with Crippen molar-refractivity contribution in [1.82, 2.24) is 0 Å². The van der Waals surface area contributed by atoms with Crippen molar-refractivity contribution in [3.8, 4) is 0 Å². The van der Waals surface area contributed by atoms with Gasteiger partial charge >= 0.3 is 5.97 Å². The molecule has 0 rings (SSSR count). The maximum Gasteiger partial charge on any atom is 0.308 e. The van der Waals surface area contributed by atoms with E-state index in [4.69, 9.17) is 11.6 Å². The second kappa shape index (κ2) is 36.7. The van der Waals surface area contributed by atoms with Crippen LogP contribution in [0.1, 0.15) is 246 Å². The van der Waals surface area contributed by atoms with Crippen LogP contribution in [0.3, 0.4) is 0 Å². The number of carbonyl (C=O) groups excluding carboxylic acids is 1. The van der Waals surface area contributed by atoms with E-state index in [1.54, 1.807) is 0 Å². The van der Waals surface area contributed by atoms with E-state index in [1.165, 1.54) is 167 Å². The highest BCUT2D eigenvalue weighted by Crippen LogP contribution is 2.21. The molecule has 0 atom stereocenters. The lowest BCUT2D eigenvalue weighted by Crippen LogP contribution is -2.18. The van der Waals surface area contributed by atoms with Crippen molar-refractivity contribution in [2.75, 3.05) is 6.56 Å². The average molecular weight is 598 g/mol. The number of ether oxygens (including phenoxy) is 1. The molecule has 2 heteroatoms. The number of hydrogen-bond donors (Lipinski definition) is 0. The third kappa shape index (κ3) is 32.4. The van der Waals surface area contributed by atoms with Crippen LogP contribution in [0.4, 0.5) is 0 Å². The SMILES string of the molecule is [2H]C([2H])([2H])C([2H])([2H])OC(=O)C(CCCCCCCCCCCCCCCCCC)CCCCCCCCCCCCCCCCCC. The van der Waals surface area contributed by atoms with Gasteiger partial charge in [-0.05, 0) is 19.7 Å². The fourth-order valence-electron chi connectivity index (χ4n) is 6.39. The van der Waals surface area contributed by atoms with Gasteiger partial charge in [0.25, 0.3) is 0 Å². The minimum atomic E-state index is -2.98. The normalized spacial score (nSPS) is 13.9. The van der Waals surface area contributed by atoms with Crippen LogP contribution in [0.5, 0.6) is 0 Å². The van der Waals surface area contributed by atoms with E-state index in [-0.39, 0.29) is 0 Å². The van der Waals surface area contributed by atoms with Gasteiger partial charge in [0.05, 0.1) is 15.2 Å². The van der Waals surface area contributed by atoms with Gasteiger partial charge in [0, 0.05) is 4.11 Å². The van der Waals surface area contributed by atoms with Gasteiger partial charge < -0.3 is 4.74 Å². The zero-order valence-electron chi connectivity index (χ0n) is 33.9. The first-order valence-corrected chi connectivity index (χ1v) is 19.4. The Kier molecular flexibility index (Phi) is 28.7. The lowest BCUT2D eigenvalue weighted by atomic mass is 9.94. The van der Waals surface area contributed by atoms with Crippen molar-refractivity contribution in [3.63, 3.8) is 0 Å². The van der Waals surface area contributed by atoms with Crippen LogP contribution >= 0.6 is 0 Å². The van der Waals surface area contributed by atoms with Crippen molar-refractivity contribution in [2.24, 2.45) is 5.92 Å². The van der Waals surface area contributed by atoms with Gasteiger partial charge in [0.1, 0.15) is 0 Å². The van der Waals surface area contributed by atoms with Gasteiger partial charge in [-0.25, -0.2) is 0 Å².